The molecule has 3 rings (SSSR count). The molecule has 0 aliphatic carbocycles. The molecule has 1 heterocycles. The van der Waals surface area contributed by atoms with Crippen LogP contribution >= 0.6 is 23.2 Å². The molecular formula is C16H13Cl2NO2. The monoisotopic (exact) mass is 321 g/mol. The molecule has 0 saturated heterocycles. The van der Waals surface area contributed by atoms with Crippen molar-refractivity contribution >= 4 is 29.1 Å². The van der Waals surface area contributed by atoms with Crippen LogP contribution < -0.4 is 10.1 Å². The molecule has 1 aliphatic rings. The van der Waals surface area contributed by atoms with Gasteiger partial charge in [-0.3, -0.25) is 4.79 Å². The van der Waals surface area contributed by atoms with Crippen LogP contribution in [0.15, 0.2) is 36.4 Å². The Bertz CT molecular complexity index is 715. The smallest absolute Gasteiger partial charge is 0.252 e. The Hall–Kier alpha value is -1.71. The Morgan fingerprint density at radius 1 is 1.19 bits per heavy atom. The highest BCUT2D eigenvalue weighted by molar-refractivity contribution is 6.35. The number of halogens is 2. The number of carbonyl (C=O) groups is 1. The van der Waals surface area contributed by atoms with Gasteiger partial charge in [0.15, 0.2) is 0 Å². The summed E-state index contributed by atoms with van der Waals surface area (Å²) in [6.45, 7) is 0. The van der Waals surface area contributed by atoms with Crippen molar-refractivity contribution in [3.63, 3.8) is 0 Å². The van der Waals surface area contributed by atoms with Crippen LogP contribution in [0.5, 0.6) is 5.75 Å². The summed E-state index contributed by atoms with van der Waals surface area (Å²) in [4.78, 5) is 12.2. The molecule has 108 valence electrons. The quantitative estimate of drug-likeness (QED) is 0.906. The summed E-state index contributed by atoms with van der Waals surface area (Å²) >= 11 is 12.2. The minimum Gasteiger partial charge on any atom is -0.497 e. The molecule has 1 N–H and O–H groups in total. The van der Waals surface area contributed by atoms with Crippen LogP contribution in [0.25, 0.3) is 0 Å². The lowest BCUT2D eigenvalue weighted by Crippen LogP contribution is -2.35. The zero-order valence-corrected chi connectivity index (χ0v) is 12.8. The van der Waals surface area contributed by atoms with E-state index in [0.717, 1.165) is 16.9 Å². The number of hydrogen-bond donors (Lipinski definition) is 1. The van der Waals surface area contributed by atoms with E-state index in [2.05, 4.69) is 5.32 Å². The lowest BCUT2D eigenvalue weighted by molar-refractivity contribution is 0.0925. The highest BCUT2D eigenvalue weighted by Gasteiger charge is 2.26. The molecule has 0 bridgehead atoms. The Morgan fingerprint density at radius 3 is 2.71 bits per heavy atom. The number of nitrogens with one attached hydrogen (secondary N) is 1. The topological polar surface area (TPSA) is 38.3 Å². The van der Waals surface area contributed by atoms with E-state index in [4.69, 9.17) is 27.9 Å². The zero-order chi connectivity index (χ0) is 15.0. The van der Waals surface area contributed by atoms with Gasteiger partial charge < -0.3 is 10.1 Å². The first-order valence-corrected chi connectivity index (χ1v) is 7.27. The molecule has 0 fully saturated rings. The summed E-state index contributed by atoms with van der Waals surface area (Å²) in [5.74, 6) is 0.638. The van der Waals surface area contributed by atoms with Crippen LogP contribution in [0.2, 0.25) is 10.0 Å². The Labute approximate surface area is 132 Å². The first-order valence-electron chi connectivity index (χ1n) is 6.51. The maximum atomic E-state index is 12.2. The molecule has 0 aromatic heterocycles. The van der Waals surface area contributed by atoms with Gasteiger partial charge >= 0.3 is 0 Å². The third kappa shape index (κ3) is 2.71. The van der Waals surface area contributed by atoms with Gasteiger partial charge in [0.25, 0.3) is 5.91 Å². The number of ether oxygens (including phenoxy) is 1. The third-order valence-electron chi connectivity index (χ3n) is 3.62. The van der Waals surface area contributed by atoms with Crippen LogP contribution in [0.4, 0.5) is 0 Å². The van der Waals surface area contributed by atoms with Gasteiger partial charge in [0.05, 0.1) is 13.2 Å². The summed E-state index contributed by atoms with van der Waals surface area (Å²) in [5, 5.41) is 4.11. The normalized spacial score (nSPS) is 17.1. The van der Waals surface area contributed by atoms with Crippen molar-refractivity contribution in [3.05, 3.63) is 63.1 Å². The zero-order valence-electron chi connectivity index (χ0n) is 11.3. The average Bonchev–Trinajstić information content (AvgIpc) is 2.46. The van der Waals surface area contributed by atoms with Gasteiger partial charge in [0, 0.05) is 15.6 Å². The summed E-state index contributed by atoms with van der Waals surface area (Å²) in [5.41, 5.74) is 2.49. The van der Waals surface area contributed by atoms with Gasteiger partial charge in [-0.1, -0.05) is 29.3 Å². The Balaban J connectivity index is 1.99. The first kappa shape index (κ1) is 14.2. The van der Waals surface area contributed by atoms with Gasteiger partial charge in [0.2, 0.25) is 0 Å². The van der Waals surface area contributed by atoms with Crippen LogP contribution in [0.3, 0.4) is 0 Å². The summed E-state index contributed by atoms with van der Waals surface area (Å²) in [7, 11) is 1.61. The summed E-state index contributed by atoms with van der Waals surface area (Å²) in [6.07, 6.45) is 0.666. The van der Waals surface area contributed by atoms with E-state index in [9.17, 15) is 4.79 Å². The van der Waals surface area contributed by atoms with Gasteiger partial charge in [-0.15, -0.1) is 0 Å². The SMILES string of the molecule is COc1ccc2c(c1)CC(c1ccc(Cl)cc1Cl)NC2=O. The Kier molecular flexibility index (Phi) is 3.79. The lowest BCUT2D eigenvalue weighted by Gasteiger charge is -2.27. The van der Waals surface area contributed by atoms with Crippen molar-refractivity contribution < 1.29 is 9.53 Å². The van der Waals surface area contributed by atoms with Crippen LogP contribution in [0.1, 0.15) is 27.5 Å². The summed E-state index contributed by atoms with van der Waals surface area (Å²) < 4.78 is 5.22. The fourth-order valence-corrected chi connectivity index (χ4v) is 3.11. The van der Waals surface area contributed by atoms with Crippen molar-refractivity contribution in [3.8, 4) is 5.75 Å². The maximum absolute atomic E-state index is 12.2. The largest absolute Gasteiger partial charge is 0.497 e. The molecule has 3 nitrogen and oxygen atoms in total. The van der Waals surface area contributed by atoms with E-state index in [-0.39, 0.29) is 11.9 Å². The van der Waals surface area contributed by atoms with Gasteiger partial charge in [-0.05, 0) is 47.9 Å². The molecule has 5 heteroatoms. The number of benzene rings is 2. The molecule has 21 heavy (non-hydrogen) atoms. The maximum Gasteiger partial charge on any atom is 0.252 e. The molecule has 1 amide bonds. The fourth-order valence-electron chi connectivity index (χ4n) is 2.57. The van der Waals surface area contributed by atoms with Crippen molar-refractivity contribution in [2.24, 2.45) is 0 Å². The van der Waals surface area contributed by atoms with Gasteiger partial charge in [-0.2, -0.15) is 0 Å². The van der Waals surface area contributed by atoms with Crippen LogP contribution in [0, 0.1) is 0 Å². The molecule has 0 saturated carbocycles. The van der Waals surface area contributed by atoms with E-state index in [1.165, 1.54) is 0 Å². The lowest BCUT2D eigenvalue weighted by atomic mass is 9.91. The van der Waals surface area contributed by atoms with E-state index in [1.807, 2.05) is 12.1 Å². The van der Waals surface area contributed by atoms with Gasteiger partial charge in [-0.25, -0.2) is 0 Å². The second-order valence-electron chi connectivity index (χ2n) is 4.92. The molecule has 0 spiro atoms. The van der Waals surface area contributed by atoms with E-state index < -0.39 is 0 Å². The van der Waals surface area contributed by atoms with Crippen LogP contribution in [-0.2, 0) is 6.42 Å². The molecule has 1 atom stereocenters. The molecular weight excluding hydrogens is 309 g/mol. The Morgan fingerprint density at radius 2 is 2.00 bits per heavy atom. The minimum absolute atomic E-state index is 0.102. The minimum atomic E-state index is -0.165. The average molecular weight is 322 g/mol. The number of rotatable bonds is 2. The van der Waals surface area contributed by atoms with E-state index >= 15 is 0 Å². The number of amides is 1. The second-order valence-corrected chi connectivity index (χ2v) is 5.76. The number of methoxy groups -OCH3 is 1. The predicted octanol–water partition coefficient (Wildman–Crippen LogP) is 4.03. The fraction of sp³-hybridized carbons (Fsp3) is 0.188. The summed E-state index contributed by atoms with van der Waals surface area (Å²) in [6, 6.07) is 10.6. The standard InChI is InChI=1S/C16H13Cl2NO2/c1-21-11-3-5-12-9(6-11)7-15(19-16(12)20)13-4-2-10(17)8-14(13)18/h2-6,8,15H,7H2,1H3,(H,19,20). The second kappa shape index (κ2) is 5.58. The van der Waals surface area contributed by atoms with E-state index in [1.54, 1.807) is 31.4 Å². The van der Waals surface area contributed by atoms with Crippen LogP contribution in [-0.4, -0.2) is 13.0 Å². The molecule has 1 unspecified atom stereocenters. The number of hydrogen-bond acceptors (Lipinski definition) is 2. The highest BCUT2D eigenvalue weighted by Crippen LogP contribution is 2.33. The first-order chi connectivity index (χ1) is 10.1. The van der Waals surface area contributed by atoms with Crippen molar-refractivity contribution in [2.45, 2.75) is 12.5 Å². The van der Waals surface area contributed by atoms with E-state index in [0.29, 0.717) is 22.0 Å². The molecule has 1 aliphatic heterocycles. The third-order valence-corrected chi connectivity index (χ3v) is 4.19. The van der Waals surface area contributed by atoms with Gasteiger partial charge in [0.1, 0.15) is 5.75 Å². The number of carbonyl (C=O) groups excluding carboxylic acids is 1. The van der Waals surface area contributed by atoms with Crippen molar-refractivity contribution in [2.75, 3.05) is 7.11 Å². The number of fused-ring (bicyclic) bond motifs is 1. The van der Waals surface area contributed by atoms with Crippen molar-refractivity contribution in [1.29, 1.82) is 0 Å². The van der Waals surface area contributed by atoms with Crippen molar-refractivity contribution in [1.82, 2.24) is 5.32 Å². The molecule has 2 aromatic rings. The molecule has 0 radical (unpaired) electrons. The predicted molar refractivity (Wildman–Crippen MR) is 83.4 cm³/mol. The highest BCUT2D eigenvalue weighted by atomic mass is 35.5. The molecule has 2 aromatic carbocycles.